The fourth-order valence-corrected chi connectivity index (χ4v) is 3.62. The Morgan fingerprint density at radius 3 is 2.62 bits per heavy atom. The summed E-state index contributed by atoms with van der Waals surface area (Å²) < 4.78 is 5.74. The molecule has 1 N–H and O–H groups in total. The van der Waals surface area contributed by atoms with Gasteiger partial charge in [-0.25, -0.2) is 0 Å². The molecule has 0 bridgehead atoms. The molecule has 21 heavy (non-hydrogen) atoms. The standard InChI is InChI=1S/C17H29N3O/c1-5-10-21-15-11-14(12-19-13-15)16(18-2)17(20(3)4)8-6-7-9-17/h11-13,16,18H,5-10H2,1-4H3. The maximum absolute atomic E-state index is 5.74. The summed E-state index contributed by atoms with van der Waals surface area (Å²) in [7, 11) is 6.44. The van der Waals surface area contributed by atoms with E-state index in [1.54, 1.807) is 0 Å². The Balaban J connectivity index is 2.27. The number of likely N-dealkylation sites (N-methyl/N-ethyl adjacent to an activating group) is 2. The summed E-state index contributed by atoms with van der Waals surface area (Å²) in [5.74, 6) is 0.876. The quantitative estimate of drug-likeness (QED) is 0.838. The van der Waals surface area contributed by atoms with Crippen molar-refractivity contribution >= 4 is 0 Å². The van der Waals surface area contributed by atoms with Gasteiger partial charge in [-0.3, -0.25) is 4.98 Å². The molecule has 0 radical (unpaired) electrons. The van der Waals surface area contributed by atoms with Crippen molar-refractivity contribution in [2.24, 2.45) is 0 Å². The van der Waals surface area contributed by atoms with Gasteiger partial charge in [0, 0.05) is 11.7 Å². The Kier molecular flexibility index (Phi) is 5.59. The van der Waals surface area contributed by atoms with Gasteiger partial charge in [0.25, 0.3) is 0 Å². The minimum atomic E-state index is 0.180. The van der Waals surface area contributed by atoms with Gasteiger partial charge in [0.05, 0.1) is 18.8 Å². The molecular weight excluding hydrogens is 262 g/mol. The van der Waals surface area contributed by atoms with Gasteiger partial charge in [-0.15, -0.1) is 0 Å². The number of pyridine rings is 1. The molecule has 0 amide bonds. The van der Waals surface area contributed by atoms with E-state index in [1.165, 1.54) is 31.2 Å². The van der Waals surface area contributed by atoms with Gasteiger partial charge in [0.15, 0.2) is 0 Å². The third kappa shape index (κ3) is 3.38. The molecule has 1 fully saturated rings. The lowest BCUT2D eigenvalue weighted by Gasteiger charge is -2.43. The minimum absolute atomic E-state index is 0.180. The monoisotopic (exact) mass is 291 g/mol. The van der Waals surface area contributed by atoms with Crippen LogP contribution in [-0.4, -0.2) is 43.2 Å². The van der Waals surface area contributed by atoms with E-state index < -0.39 is 0 Å². The van der Waals surface area contributed by atoms with E-state index in [0.29, 0.717) is 0 Å². The lowest BCUT2D eigenvalue weighted by atomic mass is 9.83. The van der Waals surface area contributed by atoms with Gasteiger partial charge in [0.1, 0.15) is 5.75 Å². The molecule has 1 atom stereocenters. The highest BCUT2D eigenvalue weighted by molar-refractivity contribution is 5.29. The summed E-state index contributed by atoms with van der Waals surface area (Å²) in [5.41, 5.74) is 1.40. The molecule has 0 saturated heterocycles. The zero-order chi connectivity index (χ0) is 15.3. The van der Waals surface area contributed by atoms with Crippen LogP contribution in [0.1, 0.15) is 50.6 Å². The molecule has 0 aromatic carbocycles. The van der Waals surface area contributed by atoms with Crippen molar-refractivity contribution < 1.29 is 4.74 Å². The largest absolute Gasteiger partial charge is 0.492 e. The molecule has 1 saturated carbocycles. The Bertz CT molecular complexity index is 441. The van der Waals surface area contributed by atoms with E-state index in [0.717, 1.165) is 18.8 Å². The zero-order valence-corrected chi connectivity index (χ0v) is 13.9. The van der Waals surface area contributed by atoms with Crippen LogP contribution in [0.4, 0.5) is 0 Å². The lowest BCUT2D eigenvalue weighted by molar-refractivity contribution is 0.108. The van der Waals surface area contributed by atoms with Crippen LogP contribution in [0.25, 0.3) is 0 Å². The second-order valence-electron chi connectivity index (χ2n) is 6.23. The van der Waals surface area contributed by atoms with E-state index in [9.17, 15) is 0 Å². The maximum atomic E-state index is 5.74. The van der Waals surface area contributed by atoms with Gasteiger partial charge in [0.2, 0.25) is 0 Å². The van der Waals surface area contributed by atoms with Crippen molar-refractivity contribution in [2.75, 3.05) is 27.7 Å². The number of ether oxygens (including phenoxy) is 1. The van der Waals surface area contributed by atoms with E-state index in [4.69, 9.17) is 4.74 Å². The third-order valence-corrected chi connectivity index (χ3v) is 4.73. The van der Waals surface area contributed by atoms with Crippen LogP contribution in [0.15, 0.2) is 18.5 Å². The van der Waals surface area contributed by atoms with Crippen molar-refractivity contribution in [3.8, 4) is 5.75 Å². The molecule has 4 heteroatoms. The van der Waals surface area contributed by atoms with Crippen molar-refractivity contribution in [1.82, 2.24) is 15.2 Å². The van der Waals surface area contributed by atoms with Crippen molar-refractivity contribution in [3.05, 3.63) is 24.0 Å². The number of hydrogen-bond donors (Lipinski definition) is 1. The Morgan fingerprint density at radius 1 is 1.33 bits per heavy atom. The minimum Gasteiger partial charge on any atom is -0.492 e. The summed E-state index contributed by atoms with van der Waals surface area (Å²) in [4.78, 5) is 6.77. The molecule has 0 aliphatic heterocycles. The van der Waals surface area contributed by atoms with Gasteiger partial charge in [-0.1, -0.05) is 19.8 Å². The SMILES string of the molecule is CCCOc1cncc(C(NC)C2(N(C)C)CCCC2)c1. The first-order chi connectivity index (χ1) is 10.1. The third-order valence-electron chi connectivity index (χ3n) is 4.73. The average molecular weight is 291 g/mol. The number of nitrogens with zero attached hydrogens (tertiary/aromatic N) is 2. The summed E-state index contributed by atoms with van der Waals surface area (Å²) in [6.07, 6.45) is 9.86. The normalized spacial score (nSPS) is 18.9. The van der Waals surface area contributed by atoms with Crippen molar-refractivity contribution in [1.29, 1.82) is 0 Å². The molecule has 1 heterocycles. The molecule has 1 aromatic rings. The lowest BCUT2D eigenvalue weighted by Crippen LogP contribution is -2.51. The molecule has 118 valence electrons. The highest BCUT2D eigenvalue weighted by Crippen LogP contribution is 2.43. The van der Waals surface area contributed by atoms with Crippen LogP contribution in [0.2, 0.25) is 0 Å². The maximum Gasteiger partial charge on any atom is 0.137 e. The van der Waals surface area contributed by atoms with Crippen LogP contribution in [-0.2, 0) is 0 Å². The van der Waals surface area contributed by atoms with E-state index in [1.807, 2.05) is 19.4 Å². The highest BCUT2D eigenvalue weighted by atomic mass is 16.5. The fourth-order valence-electron chi connectivity index (χ4n) is 3.62. The smallest absolute Gasteiger partial charge is 0.137 e. The molecule has 4 nitrogen and oxygen atoms in total. The van der Waals surface area contributed by atoms with Crippen LogP contribution in [0.3, 0.4) is 0 Å². The molecule has 2 rings (SSSR count). The molecule has 1 aliphatic rings. The number of rotatable bonds is 7. The van der Waals surface area contributed by atoms with Crippen LogP contribution < -0.4 is 10.1 Å². The summed E-state index contributed by atoms with van der Waals surface area (Å²) in [6.45, 7) is 2.86. The van der Waals surface area contributed by atoms with Gasteiger partial charge in [-0.05, 0) is 52.0 Å². The Hall–Kier alpha value is -1.13. The number of nitrogens with one attached hydrogen (secondary N) is 1. The second-order valence-corrected chi connectivity index (χ2v) is 6.23. The number of hydrogen-bond acceptors (Lipinski definition) is 4. The summed E-state index contributed by atoms with van der Waals surface area (Å²) >= 11 is 0. The molecule has 0 spiro atoms. The van der Waals surface area contributed by atoms with Crippen molar-refractivity contribution in [3.63, 3.8) is 0 Å². The first-order valence-electron chi connectivity index (χ1n) is 8.06. The first-order valence-corrected chi connectivity index (χ1v) is 8.06. The molecule has 1 aliphatic carbocycles. The van der Waals surface area contributed by atoms with Crippen LogP contribution in [0.5, 0.6) is 5.75 Å². The molecule has 1 unspecified atom stereocenters. The first kappa shape index (κ1) is 16.2. The van der Waals surface area contributed by atoms with E-state index in [-0.39, 0.29) is 11.6 Å². The molecule has 1 aromatic heterocycles. The van der Waals surface area contributed by atoms with Gasteiger partial charge in [-0.2, -0.15) is 0 Å². The highest BCUT2D eigenvalue weighted by Gasteiger charge is 2.43. The summed E-state index contributed by atoms with van der Waals surface area (Å²) in [5, 5.41) is 3.53. The zero-order valence-electron chi connectivity index (χ0n) is 13.9. The van der Waals surface area contributed by atoms with Crippen LogP contribution >= 0.6 is 0 Å². The van der Waals surface area contributed by atoms with E-state index in [2.05, 4.69) is 42.3 Å². The molecular formula is C17H29N3O. The average Bonchev–Trinajstić information content (AvgIpc) is 2.97. The Labute approximate surface area is 128 Å². The summed E-state index contributed by atoms with van der Waals surface area (Å²) in [6, 6.07) is 2.43. The second kappa shape index (κ2) is 7.23. The predicted octanol–water partition coefficient (Wildman–Crippen LogP) is 3.01. The topological polar surface area (TPSA) is 37.4 Å². The predicted molar refractivity (Wildman–Crippen MR) is 86.7 cm³/mol. The van der Waals surface area contributed by atoms with Gasteiger partial charge < -0.3 is 15.0 Å². The number of aromatic nitrogens is 1. The van der Waals surface area contributed by atoms with Gasteiger partial charge >= 0.3 is 0 Å². The van der Waals surface area contributed by atoms with Crippen molar-refractivity contribution in [2.45, 2.75) is 50.6 Å². The van der Waals surface area contributed by atoms with E-state index >= 15 is 0 Å². The Morgan fingerprint density at radius 2 is 2.05 bits per heavy atom. The van der Waals surface area contributed by atoms with Crippen LogP contribution in [0, 0.1) is 0 Å². The fraction of sp³-hybridized carbons (Fsp3) is 0.706.